The molecule has 5 heteroatoms. The lowest BCUT2D eigenvalue weighted by Gasteiger charge is -2.03. The number of hydrogen-bond acceptors (Lipinski definition) is 3. The molecule has 3 rings (SSSR count). The van der Waals surface area contributed by atoms with Crippen LogP contribution in [0.1, 0.15) is 9.67 Å². The van der Waals surface area contributed by atoms with Crippen LogP contribution in [0.3, 0.4) is 0 Å². The van der Waals surface area contributed by atoms with Gasteiger partial charge in [0.1, 0.15) is 0 Å². The van der Waals surface area contributed by atoms with Gasteiger partial charge in [0.05, 0.1) is 4.88 Å². The summed E-state index contributed by atoms with van der Waals surface area (Å²) in [6.07, 6.45) is 0. The van der Waals surface area contributed by atoms with E-state index < -0.39 is 0 Å². The Balaban J connectivity index is 1.88. The minimum absolute atomic E-state index is 0.0910. The van der Waals surface area contributed by atoms with E-state index in [0.717, 1.165) is 19.3 Å². The minimum Gasteiger partial charge on any atom is -0.399 e. The summed E-state index contributed by atoms with van der Waals surface area (Å²) >= 11 is 3.69. The molecule has 100 valence electrons. The zero-order valence-electron chi connectivity index (χ0n) is 10.4. The second-order valence-electron chi connectivity index (χ2n) is 4.37. The first kappa shape index (κ1) is 13.4. The van der Waals surface area contributed by atoms with Gasteiger partial charge in [-0.2, -0.15) is 0 Å². The van der Waals surface area contributed by atoms with E-state index in [2.05, 4.69) is 27.9 Å². The number of halogens is 1. The highest BCUT2D eigenvalue weighted by molar-refractivity contribution is 14.1. The van der Waals surface area contributed by atoms with Crippen molar-refractivity contribution in [3.05, 3.63) is 57.0 Å². The van der Waals surface area contributed by atoms with Crippen LogP contribution in [0.4, 0.5) is 11.4 Å². The number of rotatable bonds is 2. The quantitative estimate of drug-likeness (QED) is 0.502. The zero-order chi connectivity index (χ0) is 14.1. The molecule has 0 atom stereocenters. The van der Waals surface area contributed by atoms with Crippen LogP contribution in [0.5, 0.6) is 0 Å². The Morgan fingerprint density at radius 3 is 2.80 bits per heavy atom. The number of amides is 1. The molecule has 0 saturated carbocycles. The second kappa shape index (κ2) is 5.41. The Hall–Kier alpha value is -1.60. The lowest BCUT2D eigenvalue weighted by molar-refractivity contribution is 0.103. The molecule has 0 aliphatic carbocycles. The highest BCUT2D eigenvalue weighted by atomic mass is 127. The summed E-state index contributed by atoms with van der Waals surface area (Å²) in [7, 11) is 0. The monoisotopic (exact) mass is 394 g/mol. The van der Waals surface area contributed by atoms with Gasteiger partial charge in [-0.05, 0) is 70.4 Å². The number of anilines is 2. The van der Waals surface area contributed by atoms with Crippen molar-refractivity contribution in [3.63, 3.8) is 0 Å². The van der Waals surface area contributed by atoms with Gasteiger partial charge in [0.15, 0.2) is 0 Å². The molecule has 3 N–H and O–H groups in total. The van der Waals surface area contributed by atoms with Crippen molar-refractivity contribution in [1.29, 1.82) is 0 Å². The third kappa shape index (κ3) is 2.78. The molecule has 0 fully saturated rings. The summed E-state index contributed by atoms with van der Waals surface area (Å²) in [4.78, 5) is 12.9. The Bertz CT molecular complexity index is 797. The fraction of sp³-hybridized carbons (Fsp3) is 0. The van der Waals surface area contributed by atoms with E-state index >= 15 is 0 Å². The summed E-state index contributed by atoms with van der Waals surface area (Å²) in [5.41, 5.74) is 7.27. The van der Waals surface area contributed by atoms with Gasteiger partial charge in [-0.1, -0.05) is 6.07 Å². The maximum Gasteiger partial charge on any atom is 0.265 e. The van der Waals surface area contributed by atoms with E-state index in [1.54, 1.807) is 0 Å². The number of fused-ring (bicyclic) bond motifs is 1. The number of benzene rings is 2. The molecule has 0 aliphatic heterocycles. The predicted octanol–water partition coefficient (Wildman–Crippen LogP) is 4.34. The van der Waals surface area contributed by atoms with Gasteiger partial charge in [-0.25, -0.2) is 0 Å². The molecule has 1 amide bonds. The van der Waals surface area contributed by atoms with E-state index in [-0.39, 0.29) is 5.91 Å². The van der Waals surface area contributed by atoms with Crippen molar-refractivity contribution in [1.82, 2.24) is 0 Å². The Labute approximate surface area is 133 Å². The Morgan fingerprint density at radius 2 is 2.00 bits per heavy atom. The molecular formula is C15H11IN2OS. The van der Waals surface area contributed by atoms with Gasteiger partial charge in [0.25, 0.3) is 5.91 Å². The molecule has 3 aromatic rings. The van der Waals surface area contributed by atoms with Crippen LogP contribution in [0.25, 0.3) is 10.1 Å². The normalized spacial score (nSPS) is 10.7. The second-order valence-corrected chi connectivity index (χ2v) is 6.70. The average molecular weight is 394 g/mol. The molecular weight excluding hydrogens is 383 g/mol. The maximum atomic E-state index is 12.2. The van der Waals surface area contributed by atoms with Crippen LogP contribution in [0.15, 0.2) is 48.5 Å². The van der Waals surface area contributed by atoms with Crippen LogP contribution in [-0.4, -0.2) is 5.91 Å². The summed E-state index contributed by atoms with van der Waals surface area (Å²) < 4.78 is 2.15. The van der Waals surface area contributed by atoms with Crippen molar-refractivity contribution < 1.29 is 4.79 Å². The molecule has 1 aromatic heterocycles. The van der Waals surface area contributed by atoms with E-state index in [1.807, 2.05) is 48.5 Å². The topological polar surface area (TPSA) is 55.1 Å². The van der Waals surface area contributed by atoms with Crippen molar-refractivity contribution in [3.8, 4) is 0 Å². The number of nitrogens with one attached hydrogen (secondary N) is 1. The molecule has 1 heterocycles. The first-order valence-electron chi connectivity index (χ1n) is 5.98. The smallest absolute Gasteiger partial charge is 0.265 e. The van der Waals surface area contributed by atoms with E-state index in [1.165, 1.54) is 11.3 Å². The largest absolute Gasteiger partial charge is 0.399 e. The number of hydrogen-bond donors (Lipinski definition) is 2. The molecule has 3 nitrogen and oxygen atoms in total. The highest BCUT2D eigenvalue weighted by Gasteiger charge is 2.10. The van der Waals surface area contributed by atoms with Crippen molar-refractivity contribution in [2.75, 3.05) is 11.1 Å². The van der Waals surface area contributed by atoms with Crippen LogP contribution in [0.2, 0.25) is 0 Å². The SMILES string of the molecule is Nc1ccc2sc(C(=O)Nc3cccc(I)c3)cc2c1. The van der Waals surface area contributed by atoms with Gasteiger partial charge in [-0.3, -0.25) is 4.79 Å². The van der Waals surface area contributed by atoms with Gasteiger partial charge in [0, 0.05) is 19.6 Å². The molecule has 0 spiro atoms. The third-order valence-corrected chi connectivity index (χ3v) is 4.63. The highest BCUT2D eigenvalue weighted by Crippen LogP contribution is 2.28. The summed E-state index contributed by atoms with van der Waals surface area (Å²) in [5, 5.41) is 3.91. The third-order valence-electron chi connectivity index (χ3n) is 2.85. The van der Waals surface area contributed by atoms with Crippen molar-refractivity contribution in [2.24, 2.45) is 0 Å². The first-order valence-corrected chi connectivity index (χ1v) is 7.87. The van der Waals surface area contributed by atoms with Gasteiger partial charge < -0.3 is 11.1 Å². The minimum atomic E-state index is -0.0910. The molecule has 20 heavy (non-hydrogen) atoms. The van der Waals surface area contributed by atoms with Crippen LogP contribution in [0, 0.1) is 3.57 Å². The van der Waals surface area contributed by atoms with E-state index in [9.17, 15) is 4.79 Å². The number of nitrogens with two attached hydrogens (primary N) is 1. The fourth-order valence-corrected chi connectivity index (χ4v) is 3.41. The molecule has 0 aliphatic rings. The number of nitrogen functional groups attached to an aromatic ring is 1. The van der Waals surface area contributed by atoms with Crippen LogP contribution >= 0.6 is 33.9 Å². The van der Waals surface area contributed by atoms with Crippen molar-refractivity contribution >= 4 is 61.3 Å². The zero-order valence-corrected chi connectivity index (χ0v) is 13.4. The fourth-order valence-electron chi connectivity index (χ4n) is 1.93. The molecule has 2 aromatic carbocycles. The van der Waals surface area contributed by atoms with Crippen LogP contribution in [-0.2, 0) is 0 Å². The van der Waals surface area contributed by atoms with Gasteiger partial charge >= 0.3 is 0 Å². The van der Waals surface area contributed by atoms with Crippen LogP contribution < -0.4 is 11.1 Å². The molecule has 0 bridgehead atoms. The number of carbonyl (C=O) groups is 1. The van der Waals surface area contributed by atoms with E-state index in [4.69, 9.17) is 5.73 Å². The first-order chi connectivity index (χ1) is 9.61. The van der Waals surface area contributed by atoms with E-state index in [0.29, 0.717) is 10.6 Å². The Kier molecular flexibility index (Phi) is 3.62. The van der Waals surface area contributed by atoms with Gasteiger partial charge in [-0.15, -0.1) is 11.3 Å². The average Bonchev–Trinajstić information content (AvgIpc) is 2.81. The lowest BCUT2D eigenvalue weighted by Crippen LogP contribution is -2.09. The molecule has 0 saturated heterocycles. The lowest BCUT2D eigenvalue weighted by atomic mass is 10.2. The molecule has 0 radical (unpaired) electrons. The summed E-state index contributed by atoms with van der Waals surface area (Å²) in [6.45, 7) is 0. The summed E-state index contributed by atoms with van der Waals surface area (Å²) in [6, 6.07) is 15.3. The Morgan fingerprint density at radius 1 is 1.15 bits per heavy atom. The van der Waals surface area contributed by atoms with Crippen molar-refractivity contribution in [2.45, 2.75) is 0 Å². The number of thiophene rings is 1. The maximum absolute atomic E-state index is 12.2. The number of carbonyl (C=O) groups excluding carboxylic acids is 1. The molecule has 0 unspecified atom stereocenters. The summed E-state index contributed by atoms with van der Waals surface area (Å²) in [5.74, 6) is -0.0910. The van der Waals surface area contributed by atoms with Gasteiger partial charge in [0.2, 0.25) is 0 Å². The standard InChI is InChI=1S/C15H11IN2OS/c16-10-2-1-3-12(8-10)18-15(19)14-7-9-6-11(17)4-5-13(9)20-14/h1-8H,17H2,(H,18,19). The predicted molar refractivity (Wildman–Crippen MR) is 93.3 cm³/mol.